The molecule has 0 aromatic carbocycles. The zero-order valence-electron chi connectivity index (χ0n) is 4.89. The second-order valence-electron chi connectivity index (χ2n) is 1.20. The van der Waals surface area contributed by atoms with E-state index in [9.17, 15) is 0 Å². The molecule has 0 unspecified atom stereocenters. The molecule has 0 radical (unpaired) electrons. The fourth-order valence-electron chi connectivity index (χ4n) is 0.260. The van der Waals surface area contributed by atoms with E-state index < -0.39 is 0 Å². The molecular weight excluding hydrogens is 122 g/mol. The van der Waals surface area contributed by atoms with Crippen LogP contribution in [0.5, 0.6) is 0 Å². The monoisotopic (exact) mass is 131 g/mol. The van der Waals surface area contributed by atoms with Crippen molar-refractivity contribution in [1.82, 2.24) is 0 Å². The van der Waals surface area contributed by atoms with Gasteiger partial charge in [-0.2, -0.15) is 5.26 Å². The number of rotatable bonds is 4. The molecule has 3 heteroatoms. The van der Waals surface area contributed by atoms with Crippen molar-refractivity contribution in [3.05, 3.63) is 0 Å². The summed E-state index contributed by atoms with van der Waals surface area (Å²) in [5, 5.41) is 8.05. The van der Waals surface area contributed by atoms with Crippen LogP contribution in [0.25, 0.3) is 0 Å². The molecular formula is C5H9NOS. The Labute approximate surface area is 53.8 Å². The Kier molecular flexibility index (Phi) is 6.63. The predicted octanol–water partition coefficient (Wildman–Crippen LogP) is 0.890. The third-order valence-corrected chi connectivity index (χ3v) is 1.39. The first-order valence-electron chi connectivity index (χ1n) is 2.35. The van der Waals surface area contributed by atoms with Gasteiger partial charge in [-0.3, -0.25) is 0 Å². The highest BCUT2D eigenvalue weighted by molar-refractivity contribution is 7.99. The summed E-state index contributed by atoms with van der Waals surface area (Å²) in [6.45, 7) is 0.742. The fraction of sp³-hybridized carbons (Fsp3) is 0.800. The van der Waals surface area contributed by atoms with Crippen LogP contribution in [0, 0.1) is 11.3 Å². The lowest BCUT2D eigenvalue weighted by Gasteiger charge is -1.92. The summed E-state index contributed by atoms with van der Waals surface area (Å²) in [6, 6.07) is 2.03. The van der Waals surface area contributed by atoms with Gasteiger partial charge in [0.15, 0.2) is 0 Å². The van der Waals surface area contributed by atoms with Gasteiger partial charge in [-0.15, -0.1) is 11.8 Å². The third kappa shape index (κ3) is 5.80. The van der Waals surface area contributed by atoms with Crippen molar-refractivity contribution in [2.24, 2.45) is 0 Å². The van der Waals surface area contributed by atoms with Crippen LogP contribution < -0.4 is 0 Å². The summed E-state index contributed by atoms with van der Waals surface area (Å²) in [5.74, 6) is 1.49. The van der Waals surface area contributed by atoms with Gasteiger partial charge in [0.25, 0.3) is 0 Å². The standard InChI is InChI=1S/C5H9NOS/c1-7-3-5-8-4-2-6/h3-5H2,1H3. The van der Waals surface area contributed by atoms with E-state index in [1.807, 2.05) is 6.07 Å². The lowest BCUT2D eigenvalue weighted by atomic mass is 10.9. The Morgan fingerprint density at radius 1 is 1.75 bits per heavy atom. The van der Waals surface area contributed by atoms with Gasteiger partial charge in [0.1, 0.15) is 0 Å². The van der Waals surface area contributed by atoms with E-state index in [-0.39, 0.29) is 0 Å². The summed E-state index contributed by atoms with van der Waals surface area (Å²) < 4.78 is 4.76. The number of hydrogen-bond acceptors (Lipinski definition) is 3. The molecule has 0 N–H and O–H groups in total. The average molecular weight is 131 g/mol. The molecule has 8 heavy (non-hydrogen) atoms. The van der Waals surface area contributed by atoms with Gasteiger partial charge in [-0.25, -0.2) is 0 Å². The lowest BCUT2D eigenvalue weighted by molar-refractivity contribution is 0.218. The van der Waals surface area contributed by atoms with Crippen LogP contribution in [0.4, 0.5) is 0 Å². The number of ether oxygens (including phenoxy) is 1. The number of nitrogens with zero attached hydrogens (tertiary/aromatic N) is 1. The Hall–Kier alpha value is -0.200. The maximum Gasteiger partial charge on any atom is 0.0808 e. The van der Waals surface area contributed by atoms with Gasteiger partial charge in [-0.05, 0) is 0 Å². The van der Waals surface area contributed by atoms with E-state index in [1.54, 1.807) is 18.9 Å². The molecule has 46 valence electrons. The van der Waals surface area contributed by atoms with E-state index in [4.69, 9.17) is 10.00 Å². The topological polar surface area (TPSA) is 33.0 Å². The van der Waals surface area contributed by atoms with Crippen molar-refractivity contribution in [3.8, 4) is 6.07 Å². The third-order valence-electron chi connectivity index (χ3n) is 0.598. The van der Waals surface area contributed by atoms with Crippen molar-refractivity contribution in [2.75, 3.05) is 25.2 Å². The number of thioether (sulfide) groups is 1. The van der Waals surface area contributed by atoms with Crippen molar-refractivity contribution < 1.29 is 4.74 Å². The molecule has 0 aromatic heterocycles. The van der Waals surface area contributed by atoms with Crippen LogP contribution in [-0.2, 0) is 4.74 Å². The zero-order valence-corrected chi connectivity index (χ0v) is 5.70. The highest BCUT2D eigenvalue weighted by Gasteiger charge is 1.83. The van der Waals surface area contributed by atoms with E-state index in [2.05, 4.69) is 0 Å². The molecule has 2 nitrogen and oxygen atoms in total. The minimum absolute atomic E-state index is 0.573. The number of methoxy groups -OCH3 is 1. The van der Waals surface area contributed by atoms with Crippen molar-refractivity contribution in [2.45, 2.75) is 0 Å². The van der Waals surface area contributed by atoms with Gasteiger partial charge in [0.05, 0.1) is 18.4 Å². The van der Waals surface area contributed by atoms with Crippen molar-refractivity contribution >= 4 is 11.8 Å². The van der Waals surface area contributed by atoms with Gasteiger partial charge >= 0.3 is 0 Å². The van der Waals surface area contributed by atoms with Gasteiger partial charge in [0, 0.05) is 12.9 Å². The van der Waals surface area contributed by atoms with Gasteiger partial charge in [-0.1, -0.05) is 0 Å². The summed E-state index contributed by atoms with van der Waals surface area (Å²) in [7, 11) is 1.66. The minimum Gasteiger partial charge on any atom is -0.384 e. The Morgan fingerprint density at radius 3 is 3.00 bits per heavy atom. The van der Waals surface area contributed by atoms with Gasteiger partial charge < -0.3 is 4.74 Å². The second kappa shape index (κ2) is 6.80. The SMILES string of the molecule is COCCSCC#N. The quantitative estimate of drug-likeness (QED) is 0.531. The van der Waals surface area contributed by atoms with E-state index in [0.29, 0.717) is 5.75 Å². The highest BCUT2D eigenvalue weighted by atomic mass is 32.2. The van der Waals surface area contributed by atoms with Crippen LogP contribution in [-0.4, -0.2) is 25.2 Å². The second-order valence-corrected chi connectivity index (χ2v) is 2.31. The maximum atomic E-state index is 8.05. The van der Waals surface area contributed by atoms with Gasteiger partial charge in [0.2, 0.25) is 0 Å². The Balaban J connectivity index is 2.65. The molecule has 0 bridgehead atoms. The fourth-order valence-corrected chi connectivity index (χ4v) is 0.780. The van der Waals surface area contributed by atoms with E-state index in [0.717, 1.165) is 12.4 Å². The molecule has 0 aliphatic carbocycles. The van der Waals surface area contributed by atoms with E-state index in [1.165, 1.54) is 0 Å². The molecule has 0 aliphatic heterocycles. The first-order valence-corrected chi connectivity index (χ1v) is 3.51. The molecule has 0 spiro atoms. The molecule has 0 atom stereocenters. The molecule has 0 fully saturated rings. The van der Waals surface area contributed by atoms with Crippen molar-refractivity contribution in [1.29, 1.82) is 5.26 Å². The van der Waals surface area contributed by atoms with Crippen LogP contribution in [0.2, 0.25) is 0 Å². The average Bonchev–Trinajstić information content (AvgIpc) is 1.81. The molecule has 0 rings (SSSR count). The highest BCUT2D eigenvalue weighted by Crippen LogP contribution is 1.95. The minimum atomic E-state index is 0.573. The Morgan fingerprint density at radius 2 is 2.50 bits per heavy atom. The number of nitriles is 1. The molecule has 0 aromatic rings. The van der Waals surface area contributed by atoms with E-state index >= 15 is 0 Å². The first kappa shape index (κ1) is 7.80. The molecule has 0 aliphatic rings. The molecule has 0 saturated carbocycles. The molecule has 0 saturated heterocycles. The summed E-state index contributed by atoms with van der Waals surface area (Å²) in [5.41, 5.74) is 0. The number of hydrogen-bond donors (Lipinski definition) is 0. The molecule has 0 amide bonds. The summed E-state index contributed by atoms with van der Waals surface area (Å²) >= 11 is 1.59. The normalized spacial score (nSPS) is 8.50. The summed E-state index contributed by atoms with van der Waals surface area (Å²) in [6.07, 6.45) is 0. The molecule has 0 heterocycles. The largest absolute Gasteiger partial charge is 0.384 e. The Bertz CT molecular complexity index is 79.0. The zero-order chi connectivity index (χ0) is 6.24. The predicted molar refractivity (Wildman–Crippen MR) is 34.8 cm³/mol. The lowest BCUT2D eigenvalue weighted by Crippen LogP contribution is -1.91. The van der Waals surface area contributed by atoms with Crippen LogP contribution in [0.1, 0.15) is 0 Å². The van der Waals surface area contributed by atoms with Crippen LogP contribution >= 0.6 is 11.8 Å². The van der Waals surface area contributed by atoms with Crippen LogP contribution in [0.3, 0.4) is 0 Å². The first-order chi connectivity index (χ1) is 3.91. The van der Waals surface area contributed by atoms with Crippen molar-refractivity contribution in [3.63, 3.8) is 0 Å². The maximum absolute atomic E-state index is 8.05. The smallest absolute Gasteiger partial charge is 0.0808 e. The summed E-state index contributed by atoms with van der Waals surface area (Å²) in [4.78, 5) is 0. The van der Waals surface area contributed by atoms with Crippen LogP contribution in [0.15, 0.2) is 0 Å².